The molecule has 0 aromatic carbocycles. The van der Waals surface area contributed by atoms with Crippen molar-refractivity contribution in [3.8, 4) is 0 Å². The van der Waals surface area contributed by atoms with Crippen molar-refractivity contribution >= 4 is 22.8 Å². The van der Waals surface area contributed by atoms with E-state index >= 15 is 0 Å². The molecule has 33 heavy (non-hydrogen) atoms. The molecule has 1 amide bonds. The summed E-state index contributed by atoms with van der Waals surface area (Å²) in [5, 5.41) is 3.08. The van der Waals surface area contributed by atoms with Crippen LogP contribution in [-0.4, -0.2) is 42.2 Å². The first-order chi connectivity index (χ1) is 15.9. The third-order valence-corrected chi connectivity index (χ3v) is 11.2. The van der Waals surface area contributed by atoms with Gasteiger partial charge in [0.25, 0.3) is 0 Å². The zero-order chi connectivity index (χ0) is 22.6. The van der Waals surface area contributed by atoms with Crippen LogP contribution in [0.15, 0.2) is 0 Å². The molecule has 1 N–H and O–H groups in total. The van der Waals surface area contributed by atoms with Crippen molar-refractivity contribution in [3.63, 3.8) is 0 Å². The molecule has 2 saturated heterocycles. The van der Waals surface area contributed by atoms with E-state index in [0.29, 0.717) is 5.91 Å². The molecule has 0 atom stereocenters. The van der Waals surface area contributed by atoms with Gasteiger partial charge in [-0.25, -0.2) is 0 Å². The summed E-state index contributed by atoms with van der Waals surface area (Å²) in [6, 6.07) is 0. The summed E-state index contributed by atoms with van der Waals surface area (Å²) in [4.78, 5) is 26.2. The highest BCUT2D eigenvalue weighted by Crippen LogP contribution is 2.61. The summed E-state index contributed by atoms with van der Waals surface area (Å²) < 4.78 is 0. The number of nitrogens with zero attached hydrogens (tertiary/aromatic N) is 1. The van der Waals surface area contributed by atoms with Crippen molar-refractivity contribution in [2.45, 2.75) is 89.9 Å². The average molecular weight is 475 g/mol. The van der Waals surface area contributed by atoms with Gasteiger partial charge in [0.15, 0.2) is 0 Å². The third-order valence-electron chi connectivity index (χ3n) is 10.8. The van der Waals surface area contributed by atoms with Gasteiger partial charge in [-0.1, -0.05) is 0 Å². The lowest BCUT2D eigenvalue weighted by Crippen LogP contribution is -2.57. The molecular formula is C28H43ClN2O2. The van der Waals surface area contributed by atoms with E-state index in [-0.39, 0.29) is 16.1 Å². The van der Waals surface area contributed by atoms with Gasteiger partial charge in [0.2, 0.25) is 11.1 Å². The minimum Gasteiger partial charge on any atom is -0.342 e. The fourth-order valence-electron chi connectivity index (χ4n) is 9.76. The molecule has 0 unspecified atom stereocenters. The van der Waals surface area contributed by atoms with Crippen molar-refractivity contribution < 1.29 is 9.59 Å². The van der Waals surface area contributed by atoms with Crippen LogP contribution in [0, 0.1) is 46.3 Å². The second kappa shape index (κ2) is 8.80. The lowest BCUT2D eigenvalue weighted by Gasteiger charge is -2.57. The van der Waals surface area contributed by atoms with Gasteiger partial charge in [-0.3, -0.25) is 9.59 Å². The predicted octanol–water partition coefficient (Wildman–Crippen LogP) is 5.38. The van der Waals surface area contributed by atoms with Gasteiger partial charge < -0.3 is 10.2 Å². The van der Waals surface area contributed by atoms with E-state index < -0.39 is 0 Å². The Morgan fingerprint density at radius 1 is 0.636 bits per heavy atom. The molecule has 0 spiro atoms. The number of hydrogen-bond donors (Lipinski definition) is 1. The molecule has 0 aromatic heterocycles. The van der Waals surface area contributed by atoms with E-state index in [9.17, 15) is 9.59 Å². The summed E-state index contributed by atoms with van der Waals surface area (Å²) in [5.74, 6) is 5.72. The van der Waals surface area contributed by atoms with Crippen LogP contribution in [0.5, 0.6) is 0 Å². The van der Waals surface area contributed by atoms with E-state index in [1.807, 2.05) is 0 Å². The van der Waals surface area contributed by atoms with Crippen molar-refractivity contribution in [1.82, 2.24) is 10.2 Å². The molecule has 10 rings (SSSR count). The van der Waals surface area contributed by atoms with E-state index in [1.165, 1.54) is 83.7 Å². The predicted molar refractivity (Wildman–Crippen MR) is 131 cm³/mol. The number of amides is 1. The summed E-state index contributed by atoms with van der Waals surface area (Å²) in [6.07, 6.45) is 18.1. The molecule has 0 aromatic rings. The Balaban J connectivity index is 0.000000109. The van der Waals surface area contributed by atoms with Crippen LogP contribution >= 0.6 is 11.6 Å². The molecule has 0 radical (unpaired) electrons. The van der Waals surface area contributed by atoms with Gasteiger partial charge in [0.1, 0.15) is 0 Å². The quantitative estimate of drug-likeness (QED) is 0.546. The van der Waals surface area contributed by atoms with Crippen LogP contribution in [0.25, 0.3) is 0 Å². The van der Waals surface area contributed by atoms with E-state index in [1.54, 1.807) is 0 Å². The van der Waals surface area contributed by atoms with Crippen LogP contribution in [-0.2, 0) is 9.59 Å². The van der Waals surface area contributed by atoms with Crippen LogP contribution in [0.2, 0.25) is 0 Å². The Kier molecular flexibility index (Phi) is 6.09. The first-order valence-corrected chi connectivity index (χ1v) is 14.5. The van der Waals surface area contributed by atoms with Crippen LogP contribution in [0.3, 0.4) is 0 Å². The maximum Gasteiger partial charge on any atom is 0.228 e. The number of carbonyl (C=O) groups excluding carboxylic acids is 2. The SMILES string of the molecule is C1CNC1.O=C(Cl)C12CC3CC(CC(C3)C1)C2.O=C(N1CCC1)C12CC3CC(CC(C3)C1)C2. The summed E-state index contributed by atoms with van der Waals surface area (Å²) >= 11 is 5.76. The first-order valence-electron chi connectivity index (χ1n) is 14.1. The standard InChI is InChI=1S/C14H21NO.C11H15ClO.C3H7N/c16-13(15-2-1-3-15)14-7-10-4-11(8-14)6-12(5-10)9-14;12-10(13)11-4-7-1-8(5-11)3-9(2-7)6-11;1-2-4-3-1/h10-12H,1-9H2;7-9H,1-6H2;4H,1-3H2. The highest BCUT2D eigenvalue weighted by Gasteiger charge is 2.56. The van der Waals surface area contributed by atoms with Gasteiger partial charge in [-0.2, -0.15) is 0 Å². The number of halogens is 1. The molecule has 2 heterocycles. The Morgan fingerprint density at radius 3 is 1.21 bits per heavy atom. The highest BCUT2D eigenvalue weighted by atomic mass is 35.5. The zero-order valence-electron chi connectivity index (χ0n) is 20.3. The topological polar surface area (TPSA) is 49.4 Å². The van der Waals surface area contributed by atoms with Gasteiger partial charge in [-0.15, -0.1) is 0 Å². The van der Waals surface area contributed by atoms with Crippen LogP contribution < -0.4 is 5.32 Å². The highest BCUT2D eigenvalue weighted by molar-refractivity contribution is 6.64. The Hall–Kier alpha value is -0.610. The lowest BCUT2D eigenvalue weighted by atomic mass is 9.49. The van der Waals surface area contributed by atoms with Gasteiger partial charge in [0.05, 0.1) is 5.41 Å². The second-order valence-corrected chi connectivity index (χ2v) is 13.8. The number of hydrogen-bond acceptors (Lipinski definition) is 3. The van der Waals surface area contributed by atoms with Crippen LogP contribution in [0.4, 0.5) is 0 Å². The minimum absolute atomic E-state index is 0.0356. The Labute approximate surface area is 204 Å². The van der Waals surface area contributed by atoms with E-state index in [0.717, 1.165) is 67.9 Å². The van der Waals surface area contributed by atoms with Crippen molar-refractivity contribution in [3.05, 3.63) is 0 Å². The number of likely N-dealkylation sites (tertiary alicyclic amines) is 1. The molecule has 8 bridgehead atoms. The van der Waals surface area contributed by atoms with Gasteiger partial charge in [0, 0.05) is 18.5 Å². The second-order valence-electron chi connectivity index (χ2n) is 13.4. The van der Waals surface area contributed by atoms with Gasteiger partial charge in [-0.05, 0) is 150 Å². The molecule has 184 valence electrons. The van der Waals surface area contributed by atoms with Crippen molar-refractivity contribution in [1.29, 1.82) is 0 Å². The molecular weight excluding hydrogens is 432 g/mol. The zero-order valence-corrected chi connectivity index (χ0v) is 21.1. The number of carbonyl (C=O) groups is 2. The lowest BCUT2D eigenvalue weighted by molar-refractivity contribution is -0.161. The molecule has 8 saturated carbocycles. The average Bonchev–Trinajstić information content (AvgIpc) is 2.63. The molecule has 8 aliphatic carbocycles. The molecule has 5 heteroatoms. The fourth-order valence-corrected chi connectivity index (χ4v) is 9.99. The summed E-state index contributed by atoms with van der Waals surface area (Å²) in [6.45, 7) is 4.58. The third kappa shape index (κ3) is 4.30. The molecule has 2 aliphatic heterocycles. The van der Waals surface area contributed by atoms with Crippen molar-refractivity contribution in [2.24, 2.45) is 46.3 Å². The number of rotatable bonds is 2. The maximum absolute atomic E-state index is 12.6. The maximum atomic E-state index is 12.6. The van der Waals surface area contributed by atoms with Gasteiger partial charge >= 0.3 is 0 Å². The molecule has 10 fully saturated rings. The molecule has 10 aliphatic rings. The summed E-state index contributed by atoms with van der Waals surface area (Å²) in [7, 11) is 0. The Bertz CT molecular complexity index is 697. The Morgan fingerprint density at radius 2 is 0.970 bits per heavy atom. The normalized spacial score (nSPS) is 47.5. The fraction of sp³-hybridized carbons (Fsp3) is 0.929. The van der Waals surface area contributed by atoms with Crippen LogP contribution in [0.1, 0.15) is 89.9 Å². The minimum atomic E-state index is -0.0731. The van der Waals surface area contributed by atoms with Crippen molar-refractivity contribution in [2.75, 3.05) is 26.2 Å². The summed E-state index contributed by atoms with van der Waals surface area (Å²) in [5.41, 5.74) is 0.0471. The molecule has 4 nitrogen and oxygen atoms in total. The smallest absolute Gasteiger partial charge is 0.228 e. The monoisotopic (exact) mass is 474 g/mol. The number of nitrogens with one attached hydrogen (secondary N) is 1. The first kappa shape index (κ1) is 22.8. The van der Waals surface area contributed by atoms with E-state index in [2.05, 4.69) is 10.2 Å². The van der Waals surface area contributed by atoms with E-state index in [4.69, 9.17) is 11.6 Å². The largest absolute Gasteiger partial charge is 0.342 e.